The van der Waals surface area contributed by atoms with Crippen molar-refractivity contribution >= 4 is 0 Å². The number of aryl methyl sites for hydroxylation is 2. The molecule has 0 unspecified atom stereocenters. The van der Waals surface area contributed by atoms with Crippen LogP contribution >= 0.6 is 0 Å². The van der Waals surface area contributed by atoms with E-state index < -0.39 is 5.82 Å². The Balaban J connectivity index is 0.000000829. The molecule has 2 aromatic rings. The average Bonchev–Trinajstić information content (AvgIpc) is 2.90. The van der Waals surface area contributed by atoms with E-state index in [1.54, 1.807) is 19.9 Å². The van der Waals surface area contributed by atoms with Gasteiger partial charge in [-0.15, -0.1) is 0 Å². The first-order valence-electron chi connectivity index (χ1n) is 6.76. The van der Waals surface area contributed by atoms with Crippen molar-refractivity contribution in [2.75, 3.05) is 7.11 Å². The standard InChI is InChI=1S/C11H11FN2O2.2C2H6/c1-6-4-9(12)8(5-10(6)15-3)11-13-7(2)14-16-11;2*1-2/h4-5H,1-3H3;2*1-2H3. The Kier molecular flexibility index (Phi) is 8.20. The van der Waals surface area contributed by atoms with Gasteiger partial charge in [0.25, 0.3) is 5.89 Å². The molecule has 112 valence electrons. The van der Waals surface area contributed by atoms with Gasteiger partial charge in [0.05, 0.1) is 12.7 Å². The van der Waals surface area contributed by atoms with Crippen LogP contribution in [-0.2, 0) is 0 Å². The number of benzene rings is 1. The van der Waals surface area contributed by atoms with Gasteiger partial charge < -0.3 is 9.26 Å². The molecule has 0 spiro atoms. The summed E-state index contributed by atoms with van der Waals surface area (Å²) < 4.78 is 23.7. The smallest absolute Gasteiger partial charge is 0.261 e. The molecule has 1 aromatic heterocycles. The van der Waals surface area contributed by atoms with E-state index in [2.05, 4.69) is 10.1 Å². The molecular weight excluding hydrogens is 259 g/mol. The van der Waals surface area contributed by atoms with Crippen LogP contribution in [0.25, 0.3) is 11.5 Å². The normalized spacial score (nSPS) is 9.00. The highest BCUT2D eigenvalue weighted by atomic mass is 19.1. The van der Waals surface area contributed by atoms with Crippen LogP contribution in [0.2, 0.25) is 0 Å². The van der Waals surface area contributed by atoms with Crippen LogP contribution in [0.5, 0.6) is 5.75 Å². The number of hydrogen-bond donors (Lipinski definition) is 0. The molecular formula is C15H23FN2O2. The Hall–Kier alpha value is -1.91. The summed E-state index contributed by atoms with van der Waals surface area (Å²) in [5.41, 5.74) is 0.975. The minimum absolute atomic E-state index is 0.160. The van der Waals surface area contributed by atoms with Crippen LogP contribution in [0, 0.1) is 19.7 Å². The monoisotopic (exact) mass is 282 g/mol. The molecule has 0 radical (unpaired) electrons. The van der Waals surface area contributed by atoms with E-state index in [0.717, 1.165) is 5.56 Å². The van der Waals surface area contributed by atoms with Crippen LogP contribution in [0.3, 0.4) is 0 Å². The van der Waals surface area contributed by atoms with Gasteiger partial charge in [0.2, 0.25) is 0 Å². The van der Waals surface area contributed by atoms with E-state index in [4.69, 9.17) is 9.26 Å². The van der Waals surface area contributed by atoms with Gasteiger partial charge in [-0.05, 0) is 31.5 Å². The lowest BCUT2D eigenvalue weighted by molar-refractivity contribution is 0.407. The second-order valence-corrected chi connectivity index (χ2v) is 3.45. The lowest BCUT2D eigenvalue weighted by atomic mass is 10.1. The molecule has 5 heteroatoms. The van der Waals surface area contributed by atoms with Crippen molar-refractivity contribution in [1.82, 2.24) is 10.1 Å². The second kappa shape index (κ2) is 9.07. The molecule has 1 aromatic carbocycles. The van der Waals surface area contributed by atoms with E-state index in [1.165, 1.54) is 13.2 Å². The topological polar surface area (TPSA) is 48.2 Å². The molecule has 0 N–H and O–H groups in total. The van der Waals surface area contributed by atoms with E-state index in [9.17, 15) is 4.39 Å². The van der Waals surface area contributed by atoms with Crippen LogP contribution in [-0.4, -0.2) is 17.3 Å². The van der Waals surface area contributed by atoms with Gasteiger partial charge in [0, 0.05) is 0 Å². The molecule has 20 heavy (non-hydrogen) atoms. The Bertz CT molecular complexity index is 525. The highest BCUT2D eigenvalue weighted by molar-refractivity contribution is 5.58. The first-order chi connectivity index (χ1) is 9.61. The number of ether oxygens (including phenoxy) is 1. The summed E-state index contributed by atoms with van der Waals surface area (Å²) >= 11 is 0. The second-order valence-electron chi connectivity index (χ2n) is 3.45. The molecule has 0 saturated carbocycles. The van der Waals surface area contributed by atoms with E-state index in [0.29, 0.717) is 11.6 Å². The Morgan fingerprint density at radius 2 is 1.70 bits per heavy atom. The van der Waals surface area contributed by atoms with Crippen LogP contribution in [0.4, 0.5) is 4.39 Å². The SMILES string of the molecule is CC.CC.COc1cc(-c2nc(C)no2)c(F)cc1C. The largest absolute Gasteiger partial charge is 0.496 e. The first-order valence-corrected chi connectivity index (χ1v) is 6.76. The van der Waals surface area contributed by atoms with Crippen LogP contribution in [0.1, 0.15) is 39.1 Å². The van der Waals surface area contributed by atoms with Gasteiger partial charge in [0.15, 0.2) is 5.82 Å². The molecule has 0 aliphatic rings. The maximum Gasteiger partial charge on any atom is 0.261 e. The molecule has 0 fully saturated rings. The molecule has 0 bridgehead atoms. The van der Waals surface area contributed by atoms with Crippen molar-refractivity contribution in [3.8, 4) is 17.2 Å². The van der Waals surface area contributed by atoms with E-state index in [-0.39, 0.29) is 11.5 Å². The third kappa shape index (κ3) is 4.33. The number of rotatable bonds is 2. The van der Waals surface area contributed by atoms with Crippen molar-refractivity contribution in [3.05, 3.63) is 29.3 Å². The van der Waals surface area contributed by atoms with Gasteiger partial charge in [-0.3, -0.25) is 0 Å². The molecule has 0 saturated heterocycles. The van der Waals surface area contributed by atoms with Gasteiger partial charge in [-0.25, -0.2) is 4.39 Å². The third-order valence-electron chi connectivity index (χ3n) is 2.24. The zero-order valence-electron chi connectivity index (χ0n) is 13.2. The zero-order valence-corrected chi connectivity index (χ0v) is 13.2. The summed E-state index contributed by atoms with van der Waals surface area (Å²) in [6.07, 6.45) is 0. The maximum absolute atomic E-state index is 13.7. The fourth-order valence-electron chi connectivity index (χ4n) is 1.44. The first kappa shape index (κ1) is 18.1. The van der Waals surface area contributed by atoms with Crippen LogP contribution in [0.15, 0.2) is 16.7 Å². The predicted octanol–water partition coefficient (Wildman–Crippen LogP) is 4.55. The Morgan fingerprint density at radius 3 is 2.15 bits per heavy atom. The molecule has 0 amide bonds. The summed E-state index contributed by atoms with van der Waals surface area (Å²) in [7, 11) is 1.53. The van der Waals surface area contributed by atoms with Crippen molar-refractivity contribution < 1.29 is 13.7 Å². The molecule has 0 aliphatic heterocycles. The summed E-state index contributed by atoms with van der Waals surface area (Å²) in [6, 6.07) is 2.94. The van der Waals surface area contributed by atoms with Crippen molar-refractivity contribution in [3.63, 3.8) is 0 Å². The Labute approximate surface area is 120 Å². The number of nitrogens with zero attached hydrogens (tertiary/aromatic N) is 2. The van der Waals surface area contributed by atoms with Crippen molar-refractivity contribution in [1.29, 1.82) is 0 Å². The molecule has 2 rings (SSSR count). The molecule has 4 nitrogen and oxygen atoms in total. The summed E-state index contributed by atoms with van der Waals surface area (Å²) in [4.78, 5) is 3.97. The third-order valence-corrected chi connectivity index (χ3v) is 2.24. The van der Waals surface area contributed by atoms with Crippen LogP contribution < -0.4 is 4.74 Å². The highest BCUT2D eigenvalue weighted by Crippen LogP contribution is 2.28. The predicted molar refractivity (Wildman–Crippen MR) is 78.4 cm³/mol. The Morgan fingerprint density at radius 1 is 1.10 bits per heavy atom. The average molecular weight is 282 g/mol. The summed E-state index contributed by atoms with van der Waals surface area (Å²) in [5, 5.41) is 3.62. The zero-order chi connectivity index (χ0) is 15.7. The van der Waals surface area contributed by atoms with Crippen molar-refractivity contribution in [2.45, 2.75) is 41.5 Å². The number of methoxy groups -OCH3 is 1. The quantitative estimate of drug-likeness (QED) is 0.810. The number of hydrogen-bond acceptors (Lipinski definition) is 4. The van der Waals surface area contributed by atoms with Gasteiger partial charge >= 0.3 is 0 Å². The lowest BCUT2D eigenvalue weighted by Gasteiger charge is -2.06. The van der Waals surface area contributed by atoms with E-state index >= 15 is 0 Å². The fourth-order valence-corrected chi connectivity index (χ4v) is 1.44. The van der Waals surface area contributed by atoms with E-state index in [1.807, 2.05) is 27.7 Å². The number of aromatic nitrogens is 2. The van der Waals surface area contributed by atoms with Crippen molar-refractivity contribution in [2.24, 2.45) is 0 Å². The minimum atomic E-state index is -0.401. The van der Waals surface area contributed by atoms with Gasteiger partial charge in [-0.1, -0.05) is 32.9 Å². The van der Waals surface area contributed by atoms with Gasteiger partial charge in [-0.2, -0.15) is 4.98 Å². The summed E-state index contributed by atoms with van der Waals surface area (Å²) in [6.45, 7) is 11.4. The molecule has 1 heterocycles. The number of halogens is 1. The lowest BCUT2D eigenvalue weighted by Crippen LogP contribution is -1.92. The maximum atomic E-state index is 13.7. The molecule has 0 atom stereocenters. The molecule has 0 aliphatic carbocycles. The fraction of sp³-hybridized carbons (Fsp3) is 0.467. The summed E-state index contributed by atoms with van der Waals surface area (Å²) in [5.74, 6) is 0.816. The highest BCUT2D eigenvalue weighted by Gasteiger charge is 2.14. The minimum Gasteiger partial charge on any atom is -0.496 e. The van der Waals surface area contributed by atoms with Gasteiger partial charge in [0.1, 0.15) is 11.6 Å².